The van der Waals surface area contributed by atoms with Crippen molar-refractivity contribution in [2.24, 2.45) is 0 Å². The number of hydrogen-bond donors (Lipinski definition) is 1. The normalized spacial score (nSPS) is 20.0. The summed E-state index contributed by atoms with van der Waals surface area (Å²) < 4.78 is 5.29. The van der Waals surface area contributed by atoms with Crippen molar-refractivity contribution in [1.82, 2.24) is 15.2 Å². The van der Waals surface area contributed by atoms with Crippen LogP contribution in [0.3, 0.4) is 0 Å². The van der Waals surface area contributed by atoms with E-state index in [0.29, 0.717) is 23.1 Å². The van der Waals surface area contributed by atoms with Gasteiger partial charge in [-0.2, -0.15) is 0 Å². The molecule has 0 saturated carbocycles. The third-order valence-electron chi connectivity index (χ3n) is 4.08. The number of carbonyl (C=O) groups is 3. The van der Waals surface area contributed by atoms with Crippen molar-refractivity contribution in [1.29, 1.82) is 0 Å². The molecule has 25 heavy (non-hydrogen) atoms. The molecule has 1 unspecified atom stereocenters. The highest BCUT2D eigenvalue weighted by molar-refractivity contribution is 7.14. The van der Waals surface area contributed by atoms with E-state index in [-0.39, 0.29) is 12.5 Å². The fourth-order valence-electron chi connectivity index (χ4n) is 2.72. The van der Waals surface area contributed by atoms with Gasteiger partial charge < -0.3 is 9.73 Å². The molecule has 0 aliphatic carbocycles. The second kappa shape index (κ2) is 6.32. The Morgan fingerprint density at radius 2 is 2.24 bits per heavy atom. The minimum atomic E-state index is -1.23. The lowest BCUT2D eigenvalue weighted by molar-refractivity contribution is -0.132. The van der Waals surface area contributed by atoms with Gasteiger partial charge >= 0.3 is 6.03 Å². The summed E-state index contributed by atoms with van der Waals surface area (Å²) in [6.07, 6.45) is 1.45. The Morgan fingerprint density at radius 1 is 1.48 bits per heavy atom. The van der Waals surface area contributed by atoms with Crippen LogP contribution in [0.1, 0.15) is 32.2 Å². The fraction of sp³-hybridized carbons (Fsp3) is 0.375. The molecule has 0 radical (unpaired) electrons. The number of carbonyl (C=O) groups excluding carboxylic acids is 3. The highest BCUT2D eigenvalue weighted by Crippen LogP contribution is 2.30. The van der Waals surface area contributed by atoms with Crippen LogP contribution in [0.2, 0.25) is 0 Å². The lowest BCUT2D eigenvalue weighted by atomic mass is 9.99. The number of urea groups is 1. The summed E-state index contributed by atoms with van der Waals surface area (Å²) in [4.78, 5) is 43.6. The first-order valence-electron chi connectivity index (χ1n) is 7.77. The molecule has 3 heterocycles. The smallest absolute Gasteiger partial charge is 0.325 e. The van der Waals surface area contributed by atoms with Crippen molar-refractivity contribution in [3.05, 3.63) is 35.2 Å². The van der Waals surface area contributed by atoms with Gasteiger partial charge in [-0.1, -0.05) is 0 Å². The first-order chi connectivity index (χ1) is 11.9. The molecule has 8 nitrogen and oxygen atoms in total. The van der Waals surface area contributed by atoms with Gasteiger partial charge in [0.2, 0.25) is 5.91 Å². The quantitative estimate of drug-likeness (QED) is 0.822. The Balaban J connectivity index is 1.80. The molecule has 0 bridgehead atoms. The molecule has 1 aliphatic heterocycles. The van der Waals surface area contributed by atoms with Crippen LogP contribution < -0.4 is 10.2 Å². The topological polar surface area (TPSA) is 95.8 Å². The third kappa shape index (κ3) is 2.91. The van der Waals surface area contributed by atoms with Crippen LogP contribution in [0.5, 0.6) is 0 Å². The molecule has 3 rings (SSSR count). The summed E-state index contributed by atoms with van der Waals surface area (Å²) in [5, 5.41) is 4.95. The Bertz CT molecular complexity index is 816. The van der Waals surface area contributed by atoms with Gasteiger partial charge in [-0.15, -0.1) is 11.3 Å². The average Bonchev–Trinajstić information content (AvgIpc) is 3.27. The highest BCUT2D eigenvalue weighted by atomic mass is 32.1. The van der Waals surface area contributed by atoms with E-state index in [4.69, 9.17) is 4.42 Å². The van der Waals surface area contributed by atoms with Gasteiger partial charge in [0, 0.05) is 18.8 Å². The maximum atomic E-state index is 12.7. The van der Waals surface area contributed by atoms with Gasteiger partial charge in [0.1, 0.15) is 5.76 Å². The van der Waals surface area contributed by atoms with Gasteiger partial charge in [0.25, 0.3) is 5.91 Å². The molecule has 1 atom stereocenters. The number of anilines is 1. The van der Waals surface area contributed by atoms with E-state index < -0.39 is 17.5 Å². The van der Waals surface area contributed by atoms with Gasteiger partial charge in [-0.05, 0) is 26.0 Å². The number of aromatic nitrogens is 1. The molecule has 1 aliphatic rings. The van der Waals surface area contributed by atoms with E-state index in [1.54, 1.807) is 24.4 Å². The molecule has 4 amide bonds. The van der Waals surface area contributed by atoms with Gasteiger partial charge in [-0.3, -0.25) is 19.4 Å². The van der Waals surface area contributed by atoms with Crippen LogP contribution in [0, 0.1) is 0 Å². The van der Waals surface area contributed by atoms with E-state index in [1.807, 2.05) is 6.92 Å². The maximum absolute atomic E-state index is 12.7. The molecule has 9 heteroatoms. The largest absolute Gasteiger partial charge is 0.466 e. The monoisotopic (exact) mass is 362 g/mol. The first-order valence-corrected chi connectivity index (χ1v) is 8.65. The summed E-state index contributed by atoms with van der Waals surface area (Å²) in [5.74, 6) is -0.134. The minimum Gasteiger partial charge on any atom is -0.466 e. The van der Waals surface area contributed by atoms with Crippen LogP contribution in [-0.2, 0) is 21.7 Å². The SMILES string of the molecule is CCN(C(C)=O)c1nc(CN2C(=O)NC(C)(c3ccco3)C2=O)cs1. The Kier molecular flexibility index (Phi) is 4.34. The fourth-order valence-corrected chi connectivity index (χ4v) is 3.64. The van der Waals surface area contributed by atoms with E-state index >= 15 is 0 Å². The highest BCUT2D eigenvalue weighted by Gasteiger charge is 2.51. The number of rotatable bonds is 5. The molecule has 1 saturated heterocycles. The number of nitrogens with zero attached hydrogens (tertiary/aromatic N) is 3. The number of imide groups is 1. The zero-order valence-electron chi connectivity index (χ0n) is 14.1. The van der Waals surface area contributed by atoms with Crippen molar-refractivity contribution in [2.45, 2.75) is 32.9 Å². The van der Waals surface area contributed by atoms with Crippen LogP contribution in [0.4, 0.5) is 9.93 Å². The minimum absolute atomic E-state index is 0.0346. The molecule has 1 fully saturated rings. The summed E-state index contributed by atoms with van der Waals surface area (Å²) in [6.45, 7) is 5.47. The molecular formula is C16H18N4O4S. The summed E-state index contributed by atoms with van der Waals surface area (Å²) >= 11 is 1.30. The van der Waals surface area contributed by atoms with E-state index in [0.717, 1.165) is 4.90 Å². The lowest BCUT2D eigenvalue weighted by Gasteiger charge is -2.18. The van der Waals surface area contributed by atoms with Crippen LogP contribution in [0.15, 0.2) is 28.2 Å². The number of thiazole rings is 1. The van der Waals surface area contributed by atoms with E-state index in [1.165, 1.54) is 29.4 Å². The van der Waals surface area contributed by atoms with Crippen LogP contribution in [0.25, 0.3) is 0 Å². The summed E-state index contributed by atoms with van der Waals surface area (Å²) in [5.41, 5.74) is -0.680. The zero-order chi connectivity index (χ0) is 18.2. The van der Waals surface area contributed by atoms with Crippen molar-refractivity contribution in [2.75, 3.05) is 11.4 Å². The Morgan fingerprint density at radius 3 is 2.84 bits per heavy atom. The second-order valence-corrected chi connectivity index (χ2v) is 6.64. The van der Waals surface area contributed by atoms with E-state index in [9.17, 15) is 14.4 Å². The van der Waals surface area contributed by atoms with Crippen LogP contribution in [-0.4, -0.2) is 34.3 Å². The van der Waals surface area contributed by atoms with Crippen molar-refractivity contribution >= 4 is 34.3 Å². The predicted molar refractivity (Wildman–Crippen MR) is 91.0 cm³/mol. The average molecular weight is 362 g/mol. The Hall–Kier alpha value is -2.68. The summed E-state index contributed by atoms with van der Waals surface area (Å²) in [6, 6.07) is 2.81. The first kappa shape index (κ1) is 17.2. The lowest BCUT2D eigenvalue weighted by Crippen LogP contribution is -2.40. The van der Waals surface area contributed by atoms with Gasteiger partial charge in [-0.25, -0.2) is 9.78 Å². The molecule has 1 N–H and O–H groups in total. The molecule has 2 aromatic heterocycles. The van der Waals surface area contributed by atoms with E-state index in [2.05, 4.69) is 10.3 Å². The standard InChI is InChI=1S/C16H18N4O4S/c1-4-19(10(2)21)15-17-11(9-25-15)8-20-13(22)16(3,18-14(20)23)12-6-5-7-24-12/h5-7,9H,4,8H2,1-3H3,(H,18,23). The summed E-state index contributed by atoms with van der Waals surface area (Å²) in [7, 11) is 0. The molecule has 132 valence electrons. The molecule has 0 spiro atoms. The van der Waals surface area contributed by atoms with Gasteiger partial charge in [0.15, 0.2) is 10.7 Å². The maximum Gasteiger partial charge on any atom is 0.325 e. The predicted octanol–water partition coefficient (Wildman–Crippen LogP) is 2.08. The number of amides is 4. The number of nitrogens with one attached hydrogen (secondary N) is 1. The zero-order valence-corrected chi connectivity index (χ0v) is 14.9. The molecular weight excluding hydrogens is 344 g/mol. The van der Waals surface area contributed by atoms with Gasteiger partial charge in [0.05, 0.1) is 18.5 Å². The number of furan rings is 1. The number of hydrogen-bond acceptors (Lipinski definition) is 6. The van der Waals surface area contributed by atoms with Crippen molar-refractivity contribution in [3.63, 3.8) is 0 Å². The van der Waals surface area contributed by atoms with Crippen molar-refractivity contribution in [3.8, 4) is 0 Å². The second-order valence-electron chi connectivity index (χ2n) is 5.81. The molecule has 0 aromatic carbocycles. The Labute approximate surface area is 148 Å². The van der Waals surface area contributed by atoms with Crippen molar-refractivity contribution < 1.29 is 18.8 Å². The third-order valence-corrected chi connectivity index (χ3v) is 4.99. The van der Waals surface area contributed by atoms with Crippen LogP contribution >= 0.6 is 11.3 Å². The molecule has 2 aromatic rings.